The molecule has 26 heavy (non-hydrogen) atoms. The Morgan fingerprint density at radius 3 is 2.54 bits per heavy atom. The van der Waals surface area contributed by atoms with Crippen LogP contribution in [0.2, 0.25) is 0 Å². The molecule has 1 heterocycles. The summed E-state index contributed by atoms with van der Waals surface area (Å²) in [4.78, 5) is 24.7. The Labute approximate surface area is 154 Å². The molecular weight excluding hydrogens is 324 g/mol. The highest BCUT2D eigenvalue weighted by molar-refractivity contribution is 6.08. The lowest BCUT2D eigenvalue weighted by Gasteiger charge is -2.10. The Bertz CT molecular complexity index is 801. The quantitative estimate of drug-likeness (QED) is 0.402. The molecule has 0 spiro atoms. The van der Waals surface area contributed by atoms with Gasteiger partial charge in [0.15, 0.2) is 0 Å². The molecule has 0 saturated carbocycles. The van der Waals surface area contributed by atoms with Crippen molar-refractivity contribution in [1.82, 2.24) is 9.88 Å². The van der Waals surface area contributed by atoms with Gasteiger partial charge in [0, 0.05) is 18.3 Å². The average Bonchev–Trinajstić information content (AvgIpc) is 3.12. The number of carbonyl (C=O) groups is 2. The third kappa shape index (κ3) is 5.45. The van der Waals surface area contributed by atoms with Crippen LogP contribution >= 0.6 is 0 Å². The second-order valence-electron chi connectivity index (χ2n) is 5.85. The molecule has 4 heteroatoms. The summed E-state index contributed by atoms with van der Waals surface area (Å²) in [6, 6.07) is 12.6. The van der Waals surface area contributed by atoms with E-state index in [1.54, 1.807) is 47.2 Å². The Balaban J connectivity index is 1.88. The summed E-state index contributed by atoms with van der Waals surface area (Å²) in [6.45, 7) is 8.12. The van der Waals surface area contributed by atoms with Gasteiger partial charge in [-0.25, -0.2) is 0 Å². The summed E-state index contributed by atoms with van der Waals surface area (Å²) in [6.07, 6.45) is 8.84. The van der Waals surface area contributed by atoms with Gasteiger partial charge in [0.2, 0.25) is 11.7 Å². The number of nitrogens with zero attached hydrogens (tertiary/aromatic N) is 1. The zero-order valence-corrected chi connectivity index (χ0v) is 14.9. The molecule has 0 fully saturated rings. The summed E-state index contributed by atoms with van der Waals surface area (Å²) in [7, 11) is 0. The fourth-order valence-corrected chi connectivity index (χ4v) is 2.63. The SMILES string of the molecule is C=C/C=C(\C=C)CCCNC(=O)Cn1cccc1C(=O)c1ccccc1. The van der Waals surface area contributed by atoms with E-state index in [0.717, 1.165) is 18.4 Å². The van der Waals surface area contributed by atoms with E-state index < -0.39 is 0 Å². The third-order valence-corrected chi connectivity index (χ3v) is 3.97. The minimum absolute atomic E-state index is 0.0893. The highest BCUT2D eigenvalue weighted by atomic mass is 16.2. The van der Waals surface area contributed by atoms with Crippen molar-refractivity contribution in [3.63, 3.8) is 0 Å². The minimum Gasteiger partial charge on any atom is -0.355 e. The van der Waals surface area contributed by atoms with Gasteiger partial charge in [-0.1, -0.05) is 61.7 Å². The number of hydrogen-bond donors (Lipinski definition) is 1. The predicted molar refractivity (Wildman–Crippen MR) is 105 cm³/mol. The molecule has 0 saturated heterocycles. The summed E-state index contributed by atoms with van der Waals surface area (Å²) in [5.74, 6) is -0.204. The van der Waals surface area contributed by atoms with Crippen molar-refractivity contribution in [2.24, 2.45) is 0 Å². The van der Waals surface area contributed by atoms with Gasteiger partial charge < -0.3 is 9.88 Å². The summed E-state index contributed by atoms with van der Waals surface area (Å²) in [5, 5.41) is 2.89. The van der Waals surface area contributed by atoms with Gasteiger partial charge in [-0.05, 0) is 30.5 Å². The van der Waals surface area contributed by atoms with E-state index >= 15 is 0 Å². The Morgan fingerprint density at radius 2 is 1.85 bits per heavy atom. The maximum absolute atomic E-state index is 12.6. The number of rotatable bonds is 10. The molecule has 0 unspecified atom stereocenters. The lowest BCUT2D eigenvalue weighted by Crippen LogP contribution is -2.29. The molecular formula is C22H24N2O2. The van der Waals surface area contributed by atoms with Gasteiger partial charge >= 0.3 is 0 Å². The number of benzene rings is 1. The summed E-state index contributed by atoms with van der Waals surface area (Å²) in [5.41, 5.74) is 2.21. The molecule has 134 valence electrons. The first-order chi connectivity index (χ1) is 12.7. The van der Waals surface area contributed by atoms with Gasteiger partial charge in [-0.15, -0.1) is 0 Å². The smallest absolute Gasteiger partial charge is 0.239 e. The fourth-order valence-electron chi connectivity index (χ4n) is 2.63. The van der Waals surface area contributed by atoms with E-state index in [1.807, 2.05) is 24.3 Å². The van der Waals surface area contributed by atoms with Crippen molar-refractivity contribution in [2.45, 2.75) is 19.4 Å². The zero-order chi connectivity index (χ0) is 18.8. The molecule has 1 N–H and O–H groups in total. The average molecular weight is 348 g/mol. The summed E-state index contributed by atoms with van der Waals surface area (Å²) < 4.78 is 1.68. The van der Waals surface area contributed by atoms with Crippen molar-refractivity contribution in [3.05, 3.63) is 96.9 Å². The third-order valence-electron chi connectivity index (χ3n) is 3.97. The molecule has 0 aliphatic heterocycles. The molecule has 0 radical (unpaired) electrons. The Kier molecular flexibility index (Phi) is 7.37. The molecule has 2 rings (SSSR count). The van der Waals surface area contributed by atoms with Crippen molar-refractivity contribution in [2.75, 3.05) is 6.54 Å². The highest BCUT2D eigenvalue weighted by Gasteiger charge is 2.14. The first-order valence-corrected chi connectivity index (χ1v) is 8.61. The van der Waals surface area contributed by atoms with E-state index in [1.165, 1.54) is 0 Å². The maximum Gasteiger partial charge on any atom is 0.239 e. The van der Waals surface area contributed by atoms with Gasteiger partial charge in [-0.2, -0.15) is 0 Å². The van der Waals surface area contributed by atoms with Crippen LogP contribution in [0.4, 0.5) is 0 Å². The van der Waals surface area contributed by atoms with Crippen LogP contribution < -0.4 is 5.32 Å². The molecule has 0 aliphatic rings. The van der Waals surface area contributed by atoms with Gasteiger partial charge in [0.1, 0.15) is 6.54 Å². The topological polar surface area (TPSA) is 51.1 Å². The molecule has 0 aliphatic carbocycles. The van der Waals surface area contributed by atoms with Crippen LogP contribution in [-0.4, -0.2) is 22.8 Å². The number of hydrogen-bond acceptors (Lipinski definition) is 2. The van der Waals surface area contributed by atoms with E-state index in [4.69, 9.17) is 0 Å². The minimum atomic E-state index is -0.115. The lowest BCUT2D eigenvalue weighted by molar-refractivity contribution is -0.121. The van der Waals surface area contributed by atoms with Gasteiger partial charge in [0.25, 0.3) is 0 Å². The van der Waals surface area contributed by atoms with Crippen molar-refractivity contribution in [1.29, 1.82) is 0 Å². The van der Waals surface area contributed by atoms with Crippen LogP contribution in [0.5, 0.6) is 0 Å². The first kappa shape index (κ1) is 19.2. The molecule has 4 nitrogen and oxygen atoms in total. The predicted octanol–water partition coefficient (Wildman–Crippen LogP) is 3.91. The van der Waals surface area contributed by atoms with Crippen LogP contribution in [-0.2, 0) is 11.3 Å². The van der Waals surface area contributed by atoms with Gasteiger partial charge in [0.05, 0.1) is 5.69 Å². The van der Waals surface area contributed by atoms with E-state index in [9.17, 15) is 9.59 Å². The van der Waals surface area contributed by atoms with Gasteiger partial charge in [-0.3, -0.25) is 9.59 Å². The van der Waals surface area contributed by atoms with Crippen molar-refractivity contribution >= 4 is 11.7 Å². The molecule has 0 atom stereocenters. The van der Waals surface area contributed by atoms with Crippen LogP contribution in [0.1, 0.15) is 28.9 Å². The molecule has 2 aromatic rings. The molecule has 1 amide bonds. The van der Waals surface area contributed by atoms with Crippen LogP contribution in [0.3, 0.4) is 0 Å². The summed E-state index contributed by atoms with van der Waals surface area (Å²) >= 11 is 0. The van der Waals surface area contributed by atoms with Crippen molar-refractivity contribution in [3.8, 4) is 0 Å². The Hall–Kier alpha value is -3.14. The molecule has 1 aromatic heterocycles. The van der Waals surface area contributed by atoms with E-state index in [2.05, 4.69) is 18.5 Å². The van der Waals surface area contributed by atoms with Crippen LogP contribution in [0.25, 0.3) is 0 Å². The maximum atomic E-state index is 12.6. The largest absolute Gasteiger partial charge is 0.355 e. The van der Waals surface area contributed by atoms with Crippen LogP contribution in [0, 0.1) is 0 Å². The van der Waals surface area contributed by atoms with E-state index in [0.29, 0.717) is 17.8 Å². The standard InChI is InChI=1S/C22H24N2O2/c1-3-10-18(4-2)11-8-15-23-21(25)17-24-16-9-14-20(24)22(26)19-12-6-5-7-13-19/h3-7,9-10,12-14,16H,1-2,8,11,15,17H2,(H,23,25)/b18-10+. The normalized spacial score (nSPS) is 11.0. The van der Waals surface area contributed by atoms with Crippen molar-refractivity contribution < 1.29 is 9.59 Å². The molecule has 0 bridgehead atoms. The van der Waals surface area contributed by atoms with Crippen LogP contribution in [0.15, 0.2) is 85.6 Å². The highest BCUT2D eigenvalue weighted by Crippen LogP contribution is 2.11. The number of allylic oxidation sites excluding steroid dienone is 4. The number of amides is 1. The number of carbonyl (C=O) groups excluding carboxylic acids is 2. The second kappa shape index (κ2) is 9.99. The fraction of sp³-hybridized carbons (Fsp3) is 0.182. The number of nitrogens with one attached hydrogen (secondary N) is 1. The molecule has 1 aromatic carbocycles. The Morgan fingerprint density at radius 1 is 1.08 bits per heavy atom. The number of aromatic nitrogens is 1. The second-order valence-corrected chi connectivity index (χ2v) is 5.85. The zero-order valence-electron chi connectivity index (χ0n) is 14.9. The lowest BCUT2D eigenvalue weighted by atomic mass is 10.1. The first-order valence-electron chi connectivity index (χ1n) is 8.61. The monoisotopic (exact) mass is 348 g/mol. The number of ketones is 1. The van der Waals surface area contributed by atoms with E-state index in [-0.39, 0.29) is 18.2 Å².